The smallest absolute Gasteiger partial charge is 0.338 e. The molecule has 0 atom stereocenters. The minimum atomic E-state index is -0.586. The molecule has 7 heteroatoms. The summed E-state index contributed by atoms with van der Waals surface area (Å²) < 4.78 is 15.1. The Kier molecular flexibility index (Phi) is 7.56. The van der Waals surface area contributed by atoms with E-state index in [2.05, 4.69) is 5.32 Å². The minimum Gasteiger partial charge on any atom is -0.497 e. The van der Waals surface area contributed by atoms with Gasteiger partial charge in [-0.2, -0.15) is 0 Å². The summed E-state index contributed by atoms with van der Waals surface area (Å²) in [5.74, 6) is -0.822. The van der Waals surface area contributed by atoms with Crippen molar-refractivity contribution in [2.24, 2.45) is 0 Å². The first-order chi connectivity index (χ1) is 13.5. The van der Waals surface area contributed by atoms with Crippen LogP contribution in [0.5, 0.6) is 5.75 Å². The highest BCUT2D eigenvalue weighted by Gasteiger charge is 2.16. The number of anilines is 1. The molecule has 1 N–H and O–H groups in total. The second kappa shape index (κ2) is 10.1. The summed E-state index contributed by atoms with van der Waals surface area (Å²) in [6, 6.07) is 11.5. The van der Waals surface area contributed by atoms with E-state index in [1.54, 1.807) is 45.2 Å². The Labute approximate surface area is 163 Å². The monoisotopic (exact) mass is 385 g/mol. The highest BCUT2D eigenvalue weighted by molar-refractivity contribution is 5.99. The molecule has 0 aliphatic heterocycles. The van der Waals surface area contributed by atoms with E-state index in [0.717, 1.165) is 5.56 Å². The maximum atomic E-state index is 12.4. The van der Waals surface area contributed by atoms with Gasteiger partial charge in [0.25, 0.3) is 0 Å². The SMILES string of the molecule is CCOC(=O)c1cc(NC(=O)Cc2cccc(OC)c2)cc(C(=O)OCC)c1. The topological polar surface area (TPSA) is 90.9 Å². The molecule has 0 radical (unpaired) electrons. The molecule has 0 aromatic heterocycles. The Hall–Kier alpha value is -3.35. The zero-order valence-electron chi connectivity index (χ0n) is 16.1. The number of hydrogen-bond donors (Lipinski definition) is 1. The van der Waals surface area contributed by atoms with Crippen LogP contribution in [0, 0.1) is 0 Å². The van der Waals surface area contributed by atoms with Crippen LogP contribution in [0.25, 0.3) is 0 Å². The van der Waals surface area contributed by atoms with Gasteiger partial charge >= 0.3 is 11.9 Å². The Morgan fingerprint density at radius 2 is 1.50 bits per heavy atom. The zero-order valence-corrected chi connectivity index (χ0v) is 16.1. The fourth-order valence-electron chi connectivity index (χ4n) is 2.54. The summed E-state index contributed by atoms with van der Waals surface area (Å²) in [7, 11) is 1.55. The van der Waals surface area contributed by atoms with Gasteiger partial charge in [-0.3, -0.25) is 4.79 Å². The predicted octanol–water partition coefficient (Wildman–Crippen LogP) is 3.23. The lowest BCUT2D eigenvalue weighted by Gasteiger charge is -2.11. The molecular formula is C21H23NO6. The van der Waals surface area contributed by atoms with Gasteiger partial charge in [0.1, 0.15) is 5.75 Å². The molecule has 148 valence electrons. The van der Waals surface area contributed by atoms with Crippen LogP contribution in [0.1, 0.15) is 40.1 Å². The molecule has 28 heavy (non-hydrogen) atoms. The number of carbonyl (C=O) groups excluding carboxylic acids is 3. The van der Waals surface area contributed by atoms with E-state index in [4.69, 9.17) is 14.2 Å². The summed E-state index contributed by atoms with van der Waals surface area (Å²) in [4.78, 5) is 36.6. The first kappa shape index (κ1) is 21.0. The quantitative estimate of drug-likeness (QED) is 0.702. The number of amides is 1. The van der Waals surface area contributed by atoms with Crippen molar-refractivity contribution in [2.75, 3.05) is 25.6 Å². The minimum absolute atomic E-state index is 0.107. The van der Waals surface area contributed by atoms with Crippen LogP contribution in [0.3, 0.4) is 0 Å². The molecule has 2 aromatic carbocycles. The lowest BCUT2D eigenvalue weighted by Crippen LogP contribution is -2.16. The van der Waals surface area contributed by atoms with Crippen LogP contribution in [-0.4, -0.2) is 38.2 Å². The number of carbonyl (C=O) groups is 3. The number of ether oxygens (including phenoxy) is 3. The van der Waals surface area contributed by atoms with Gasteiger partial charge in [0.05, 0.1) is 37.9 Å². The Morgan fingerprint density at radius 3 is 2.04 bits per heavy atom. The number of rotatable bonds is 8. The van der Waals surface area contributed by atoms with Crippen molar-refractivity contribution < 1.29 is 28.6 Å². The highest BCUT2D eigenvalue weighted by Crippen LogP contribution is 2.19. The molecule has 0 aliphatic rings. The number of esters is 2. The fraction of sp³-hybridized carbons (Fsp3) is 0.286. The number of nitrogens with one attached hydrogen (secondary N) is 1. The van der Waals surface area contributed by atoms with Crippen LogP contribution in [-0.2, 0) is 20.7 Å². The van der Waals surface area contributed by atoms with Crippen molar-refractivity contribution in [3.05, 3.63) is 59.2 Å². The van der Waals surface area contributed by atoms with Gasteiger partial charge in [0, 0.05) is 5.69 Å². The van der Waals surface area contributed by atoms with E-state index in [1.807, 2.05) is 0 Å². The zero-order chi connectivity index (χ0) is 20.5. The van der Waals surface area contributed by atoms with Crippen LogP contribution in [0.2, 0.25) is 0 Å². The average molecular weight is 385 g/mol. The van der Waals surface area contributed by atoms with Gasteiger partial charge < -0.3 is 19.5 Å². The molecule has 2 aromatic rings. The lowest BCUT2D eigenvalue weighted by molar-refractivity contribution is -0.115. The maximum absolute atomic E-state index is 12.4. The Morgan fingerprint density at radius 1 is 0.893 bits per heavy atom. The first-order valence-corrected chi connectivity index (χ1v) is 8.89. The van der Waals surface area contributed by atoms with Crippen molar-refractivity contribution >= 4 is 23.5 Å². The van der Waals surface area contributed by atoms with E-state index in [1.165, 1.54) is 18.2 Å². The molecule has 0 saturated carbocycles. The van der Waals surface area contributed by atoms with Crippen molar-refractivity contribution in [3.8, 4) is 5.75 Å². The van der Waals surface area contributed by atoms with Gasteiger partial charge in [-0.05, 0) is 49.7 Å². The van der Waals surface area contributed by atoms with Gasteiger partial charge in [-0.1, -0.05) is 12.1 Å². The second-order valence-electron chi connectivity index (χ2n) is 5.82. The number of benzene rings is 2. The lowest BCUT2D eigenvalue weighted by atomic mass is 10.1. The average Bonchev–Trinajstić information content (AvgIpc) is 2.68. The second-order valence-corrected chi connectivity index (χ2v) is 5.82. The molecule has 0 bridgehead atoms. The van der Waals surface area contributed by atoms with Crippen LogP contribution in [0.15, 0.2) is 42.5 Å². The van der Waals surface area contributed by atoms with Crippen molar-refractivity contribution in [1.29, 1.82) is 0 Å². The van der Waals surface area contributed by atoms with Gasteiger partial charge in [0.2, 0.25) is 5.91 Å². The molecule has 0 saturated heterocycles. The van der Waals surface area contributed by atoms with Gasteiger partial charge in [-0.25, -0.2) is 9.59 Å². The molecule has 0 unspecified atom stereocenters. The molecule has 7 nitrogen and oxygen atoms in total. The standard InChI is InChI=1S/C21H23NO6/c1-4-27-20(24)15-11-16(21(25)28-5-2)13-17(12-15)22-19(23)10-14-7-6-8-18(9-14)26-3/h6-9,11-13H,4-5,10H2,1-3H3,(H,22,23). The summed E-state index contributed by atoms with van der Waals surface area (Å²) in [5, 5.41) is 2.71. The number of hydrogen-bond acceptors (Lipinski definition) is 6. The maximum Gasteiger partial charge on any atom is 0.338 e. The Balaban J connectivity index is 2.23. The van der Waals surface area contributed by atoms with Gasteiger partial charge in [-0.15, -0.1) is 0 Å². The molecule has 0 spiro atoms. The van der Waals surface area contributed by atoms with E-state index in [-0.39, 0.29) is 36.7 Å². The predicted molar refractivity (Wildman–Crippen MR) is 104 cm³/mol. The van der Waals surface area contributed by atoms with Gasteiger partial charge in [0.15, 0.2) is 0 Å². The van der Waals surface area contributed by atoms with Crippen LogP contribution >= 0.6 is 0 Å². The summed E-state index contributed by atoms with van der Waals surface area (Å²) in [6.07, 6.45) is 0.107. The van der Waals surface area contributed by atoms with Crippen molar-refractivity contribution in [3.63, 3.8) is 0 Å². The molecule has 2 rings (SSSR count). The molecule has 0 heterocycles. The summed E-state index contributed by atoms with van der Waals surface area (Å²) >= 11 is 0. The van der Waals surface area contributed by atoms with E-state index < -0.39 is 11.9 Å². The normalized spacial score (nSPS) is 10.1. The van der Waals surface area contributed by atoms with Crippen LogP contribution < -0.4 is 10.1 Å². The van der Waals surface area contributed by atoms with E-state index in [0.29, 0.717) is 11.4 Å². The fourth-order valence-corrected chi connectivity index (χ4v) is 2.54. The van der Waals surface area contributed by atoms with Crippen molar-refractivity contribution in [2.45, 2.75) is 20.3 Å². The van der Waals surface area contributed by atoms with E-state index >= 15 is 0 Å². The molecule has 0 aliphatic carbocycles. The Bertz CT molecular complexity index is 825. The highest BCUT2D eigenvalue weighted by atomic mass is 16.5. The molecular weight excluding hydrogens is 362 g/mol. The van der Waals surface area contributed by atoms with Crippen LogP contribution in [0.4, 0.5) is 5.69 Å². The first-order valence-electron chi connectivity index (χ1n) is 8.89. The molecule has 1 amide bonds. The third kappa shape index (κ3) is 5.84. The molecule has 0 fully saturated rings. The number of methoxy groups -OCH3 is 1. The van der Waals surface area contributed by atoms with Crippen molar-refractivity contribution in [1.82, 2.24) is 0 Å². The largest absolute Gasteiger partial charge is 0.497 e. The van der Waals surface area contributed by atoms with E-state index in [9.17, 15) is 14.4 Å². The third-order valence-corrected chi connectivity index (χ3v) is 3.74. The summed E-state index contributed by atoms with van der Waals surface area (Å²) in [6.45, 7) is 3.76. The summed E-state index contributed by atoms with van der Waals surface area (Å²) in [5.41, 5.74) is 1.39. The third-order valence-electron chi connectivity index (χ3n) is 3.74.